The molecule has 0 saturated heterocycles. The number of aliphatic imine (C=N–C) groups is 1. The minimum atomic E-state index is -0.519. The van der Waals surface area contributed by atoms with E-state index in [1.165, 1.54) is 0 Å². The molecule has 0 radical (unpaired) electrons. The smallest absolute Gasteiger partial charge is 0.240 e. The van der Waals surface area contributed by atoms with Crippen molar-refractivity contribution in [3.8, 4) is 17.3 Å². The highest BCUT2D eigenvalue weighted by atomic mass is 16.2. The first kappa shape index (κ1) is 20.4. The number of aryl methyl sites for hydroxylation is 1. The highest BCUT2D eigenvalue weighted by Gasteiger charge is 2.38. The van der Waals surface area contributed by atoms with Crippen molar-refractivity contribution < 1.29 is 4.79 Å². The molecule has 3 aromatic carbocycles. The number of aromatic nitrogens is 2. The number of hydrogen-bond donors (Lipinski definition) is 0. The molecule has 1 aliphatic heterocycles. The van der Waals surface area contributed by atoms with Gasteiger partial charge in [-0.1, -0.05) is 42.5 Å². The SMILES string of the molecule is CN1C(=O)C(C(=Nc2ccc(-c3cn(C)cn3)cc2)c2ccc(C#N)cc2)c2ccccc21. The maximum absolute atomic E-state index is 13.3. The summed E-state index contributed by atoms with van der Waals surface area (Å²) in [6.07, 6.45) is 3.73. The van der Waals surface area contributed by atoms with Crippen molar-refractivity contribution in [3.05, 3.63) is 102 Å². The zero-order valence-corrected chi connectivity index (χ0v) is 18.3. The van der Waals surface area contributed by atoms with Gasteiger partial charge in [-0.05, 0) is 41.5 Å². The summed E-state index contributed by atoms with van der Waals surface area (Å²) in [5.74, 6) is -0.543. The number of anilines is 1. The van der Waals surface area contributed by atoms with Crippen LogP contribution >= 0.6 is 0 Å². The van der Waals surface area contributed by atoms with Crippen LogP contribution in [-0.4, -0.2) is 28.2 Å². The third-order valence-electron chi connectivity index (χ3n) is 5.89. The molecule has 6 nitrogen and oxygen atoms in total. The molecular weight excluding hydrogens is 410 g/mol. The van der Waals surface area contributed by atoms with Crippen molar-refractivity contribution in [3.63, 3.8) is 0 Å². The Morgan fingerprint density at radius 3 is 2.39 bits per heavy atom. The van der Waals surface area contributed by atoms with E-state index in [1.807, 2.05) is 78.5 Å². The number of rotatable bonds is 4. The van der Waals surface area contributed by atoms with Crippen molar-refractivity contribution in [2.75, 3.05) is 11.9 Å². The molecular formula is C27H21N5O. The van der Waals surface area contributed by atoms with E-state index in [9.17, 15) is 10.1 Å². The molecule has 6 heteroatoms. The maximum atomic E-state index is 13.3. The Kier molecular flexibility index (Phi) is 5.08. The van der Waals surface area contributed by atoms with E-state index in [-0.39, 0.29) is 5.91 Å². The lowest BCUT2D eigenvalue weighted by Gasteiger charge is -2.15. The molecule has 160 valence electrons. The molecule has 1 aliphatic rings. The fraction of sp³-hybridized carbons (Fsp3) is 0.111. The first-order chi connectivity index (χ1) is 16.0. The fourth-order valence-electron chi connectivity index (χ4n) is 4.17. The number of para-hydroxylation sites is 1. The predicted octanol–water partition coefficient (Wildman–Crippen LogP) is 4.84. The van der Waals surface area contributed by atoms with Crippen molar-refractivity contribution >= 4 is 23.0 Å². The molecule has 1 aromatic heterocycles. The first-order valence-electron chi connectivity index (χ1n) is 10.6. The van der Waals surface area contributed by atoms with Crippen LogP contribution in [0, 0.1) is 11.3 Å². The van der Waals surface area contributed by atoms with Crippen LogP contribution < -0.4 is 4.90 Å². The minimum absolute atomic E-state index is 0.0237. The van der Waals surface area contributed by atoms with Crippen molar-refractivity contribution in [2.24, 2.45) is 12.0 Å². The largest absolute Gasteiger partial charge is 0.340 e. The number of carbonyl (C=O) groups is 1. The van der Waals surface area contributed by atoms with E-state index in [2.05, 4.69) is 11.1 Å². The summed E-state index contributed by atoms with van der Waals surface area (Å²) in [6, 6.07) is 25.0. The number of carbonyl (C=O) groups excluding carboxylic acids is 1. The van der Waals surface area contributed by atoms with Crippen LogP contribution in [-0.2, 0) is 11.8 Å². The number of hydrogen-bond acceptors (Lipinski definition) is 4. The van der Waals surface area contributed by atoms with Gasteiger partial charge in [-0.3, -0.25) is 9.79 Å². The minimum Gasteiger partial charge on any atom is -0.340 e. The Hall–Kier alpha value is -4.50. The number of nitrogens with zero attached hydrogens (tertiary/aromatic N) is 5. The van der Waals surface area contributed by atoms with E-state index >= 15 is 0 Å². The number of nitriles is 1. The van der Waals surface area contributed by atoms with Gasteiger partial charge in [0.05, 0.1) is 35.1 Å². The highest BCUT2D eigenvalue weighted by Crippen LogP contribution is 2.39. The molecule has 0 aliphatic carbocycles. The van der Waals surface area contributed by atoms with Gasteiger partial charge in [-0.15, -0.1) is 0 Å². The van der Waals surface area contributed by atoms with Crippen molar-refractivity contribution in [1.29, 1.82) is 5.26 Å². The second-order valence-electron chi connectivity index (χ2n) is 8.05. The van der Waals surface area contributed by atoms with Crippen molar-refractivity contribution in [1.82, 2.24) is 9.55 Å². The van der Waals surface area contributed by atoms with Gasteiger partial charge >= 0.3 is 0 Å². The highest BCUT2D eigenvalue weighted by molar-refractivity contribution is 6.24. The van der Waals surface area contributed by atoms with E-state index in [0.717, 1.165) is 33.8 Å². The quantitative estimate of drug-likeness (QED) is 0.434. The Labute approximate surface area is 192 Å². The maximum Gasteiger partial charge on any atom is 0.240 e. The van der Waals surface area contributed by atoms with Crippen LogP contribution in [0.15, 0.2) is 90.3 Å². The molecule has 5 rings (SSSR count). The van der Waals surface area contributed by atoms with E-state index in [1.54, 1.807) is 30.4 Å². The molecule has 33 heavy (non-hydrogen) atoms. The number of likely N-dealkylation sites (N-methyl/N-ethyl adjacent to an activating group) is 1. The Morgan fingerprint density at radius 1 is 1.00 bits per heavy atom. The van der Waals surface area contributed by atoms with Crippen LogP contribution in [0.25, 0.3) is 11.3 Å². The number of benzene rings is 3. The molecule has 0 spiro atoms. The summed E-state index contributed by atoms with van der Waals surface area (Å²) in [5, 5.41) is 9.19. The molecule has 0 bridgehead atoms. The number of amides is 1. The molecule has 0 saturated carbocycles. The number of imidazole rings is 1. The molecule has 2 heterocycles. The summed E-state index contributed by atoms with van der Waals surface area (Å²) in [6.45, 7) is 0. The average molecular weight is 431 g/mol. The molecule has 4 aromatic rings. The third kappa shape index (κ3) is 3.70. The van der Waals surface area contributed by atoms with Crippen molar-refractivity contribution in [2.45, 2.75) is 5.92 Å². The average Bonchev–Trinajstić information content (AvgIpc) is 3.39. The lowest BCUT2D eigenvalue weighted by atomic mass is 9.90. The Balaban J connectivity index is 1.61. The Bertz CT molecular complexity index is 1410. The molecule has 1 amide bonds. The van der Waals surface area contributed by atoms with Gasteiger partial charge in [0.2, 0.25) is 5.91 Å². The summed E-state index contributed by atoms with van der Waals surface area (Å²) in [4.78, 5) is 24.3. The van der Waals surface area contributed by atoms with Gasteiger partial charge in [-0.25, -0.2) is 4.98 Å². The normalized spacial score (nSPS) is 15.4. The second kappa shape index (κ2) is 8.21. The zero-order valence-electron chi connectivity index (χ0n) is 18.3. The summed E-state index contributed by atoms with van der Waals surface area (Å²) < 4.78 is 1.91. The van der Waals surface area contributed by atoms with E-state index in [4.69, 9.17) is 4.99 Å². The number of fused-ring (bicyclic) bond motifs is 1. The topological polar surface area (TPSA) is 74.3 Å². The van der Waals surface area contributed by atoms with Gasteiger partial charge in [0, 0.05) is 31.5 Å². The lowest BCUT2D eigenvalue weighted by Crippen LogP contribution is -2.28. The van der Waals surface area contributed by atoms with E-state index in [0.29, 0.717) is 11.3 Å². The standard InChI is InChI=1S/C27H21N5O/c1-31-16-23(29-17-31)19-11-13-21(14-12-19)30-26(20-9-7-18(15-28)8-10-20)25-22-5-3-4-6-24(22)32(2)27(25)33/h3-14,16-17,25H,1-2H3. The summed E-state index contributed by atoms with van der Waals surface area (Å²) in [5.41, 5.74) is 6.48. The summed E-state index contributed by atoms with van der Waals surface area (Å²) in [7, 11) is 3.73. The van der Waals surface area contributed by atoms with Crippen LogP contribution in [0.5, 0.6) is 0 Å². The first-order valence-corrected chi connectivity index (χ1v) is 10.6. The van der Waals surface area contributed by atoms with Gasteiger partial charge in [0.25, 0.3) is 0 Å². The zero-order chi connectivity index (χ0) is 22.9. The predicted molar refractivity (Wildman–Crippen MR) is 129 cm³/mol. The van der Waals surface area contributed by atoms with Crippen LogP contribution in [0.3, 0.4) is 0 Å². The molecule has 1 unspecified atom stereocenters. The van der Waals surface area contributed by atoms with Gasteiger partial charge in [0.15, 0.2) is 0 Å². The van der Waals surface area contributed by atoms with E-state index < -0.39 is 5.92 Å². The second-order valence-corrected chi connectivity index (χ2v) is 8.05. The van der Waals surface area contributed by atoms with Crippen LogP contribution in [0.2, 0.25) is 0 Å². The Morgan fingerprint density at radius 2 is 1.73 bits per heavy atom. The van der Waals surface area contributed by atoms with Crippen LogP contribution in [0.4, 0.5) is 11.4 Å². The molecule has 0 N–H and O–H groups in total. The van der Waals surface area contributed by atoms with Gasteiger partial charge in [0.1, 0.15) is 5.92 Å². The van der Waals surface area contributed by atoms with Gasteiger partial charge in [-0.2, -0.15) is 5.26 Å². The summed E-state index contributed by atoms with van der Waals surface area (Å²) >= 11 is 0. The fourth-order valence-corrected chi connectivity index (χ4v) is 4.17. The third-order valence-corrected chi connectivity index (χ3v) is 5.89. The molecule has 0 fully saturated rings. The van der Waals surface area contributed by atoms with Gasteiger partial charge < -0.3 is 9.47 Å². The van der Waals surface area contributed by atoms with Crippen LogP contribution in [0.1, 0.15) is 22.6 Å². The monoisotopic (exact) mass is 431 g/mol. The lowest BCUT2D eigenvalue weighted by molar-refractivity contribution is -0.117. The molecule has 1 atom stereocenters.